The van der Waals surface area contributed by atoms with Crippen LogP contribution in [0.5, 0.6) is 0 Å². The van der Waals surface area contributed by atoms with Crippen LogP contribution in [0.2, 0.25) is 0 Å². The average Bonchev–Trinajstić information content (AvgIpc) is 3.12. The Morgan fingerprint density at radius 3 is 2.76 bits per heavy atom. The molecule has 0 fully saturated rings. The first-order valence-electron chi connectivity index (χ1n) is 6.81. The minimum atomic E-state index is -0.879. The van der Waals surface area contributed by atoms with Crippen molar-refractivity contribution in [1.29, 1.82) is 0 Å². The smallest absolute Gasteiger partial charge is 0.312 e. The second kappa shape index (κ2) is 5.69. The van der Waals surface area contributed by atoms with Gasteiger partial charge in [0.25, 0.3) is 0 Å². The Hall–Kier alpha value is -2.14. The molecule has 2 aromatic rings. The second-order valence-corrected chi connectivity index (χ2v) is 6.07. The maximum absolute atomic E-state index is 12.4. The van der Waals surface area contributed by atoms with Crippen molar-refractivity contribution in [3.8, 4) is 0 Å². The predicted octanol–water partition coefficient (Wildman–Crippen LogP) is 2.90. The molecule has 1 aromatic carbocycles. The Morgan fingerprint density at radius 1 is 1.24 bits per heavy atom. The van der Waals surface area contributed by atoms with Gasteiger partial charge in [-0.05, 0) is 29.5 Å². The molecule has 4 nitrogen and oxygen atoms in total. The van der Waals surface area contributed by atoms with Crippen molar-refractivity contribution in [2.75, 3.05) is 11.4 Å². The van der Waals surface area contributed by atoms with Gasteiger partial charge in [-0.15, -0.1) is 11.3 Å². The Kier molecular flexibility index (Phi) is 3.75. The molecule has 0 unspecified atom stereocenters. The molecule has 0 saturated heterocycles. The number of hydrogen-bond donors (Lipinski definition) is 1. The number of aliphatic carboxylic acids is 1. The van der Waals surface area contributed by atoms with Gasteiger partial charge in [-0.2, -0.15) is 0 Å². The standard InChI is InChI=1S/C16H15NO3S/c18-15(8-7-11-4-3-9-21-11)17-10-13(16(19)20)12-5-1-2-6-14(12)17/h1-6,9,13H,7-8,10H2,(H,19,20)/t13-/m0/s1. The van der Waals surface area contributed by atoms with Gasteiger partial charge in [0.05, 0.1) is 0 Å². The van der Waals surface area contributed by atoms with E-state index in [1.807, 2.05) is 35.7 Å². The maximum Gasteiger partial charge on any atom is 0.312 e. The van der Waals surface area contributed by atoms with E-state index in [9.17, 15) is 14.7 Å². The van der Waals surface area contributed by atoms with Gasteiger partial charge in [0.15, 0.2) is 0 Å². The van der Waals surface area contributed by atoms with Crippen LogP contribution in [-0.2, 0) is 16.0 Å². The number of amides is 1. The summed E-state index contributed by atoms with van der Waals surface area (Å²) in [5.74, 6) is -1.51. The summed E-state index contributed by atoms with van der Waals surface area (Å²) in [6.45, 7) is 0.234. The molecule has 5 heteroatoms. The fourth-order valence-corrected chi connectivity index (χ4v) is 3.38. The van der Waals surface area contributed by atoms with Crippen molar-refractivity contribution >= 4 is 28.9 Å². The molecule has 0 aliphatic carbocycles. The van der Waals surface area contributed by atoms with Gasteiger partial charge in [0.2, 0.25) is 5.91 Å². The van der Waals surface area contributed by atoms with Crippen LogP contribution in [0.3, 0.4) is 0 Å². The van der Waals surface area contributed by atoms with E-state index in [1.54, 1.807) is 22.3 Å². The van der Waals surface area contributed by atoms with E-state index in [4.69, 9.17) is 0 Å². The first-order chi connectivity index (χ1) is 10.2. The first-order valence-corrected chi connectivity index (χ1v) is 7.69. The predicted molar refractivity (Wildman–Crippen MR) is 81.8 cm³/mol. The summed E-state index contributed by atoms with van der Waals surface area (Å²) in [7, 11) is 0. The molecule has 2 heterocycles. The number of hydrogen-bond acceptors (Lipinski definition) is 3. The van der Waals surface area contributed by atoms with E-state index in [0.29, 0.717) is 12.8 Å². The lowest BCUT2D eigenvalue weighted by Gasteiger charge is -2.17. The lowest BCUT2D eigenvalue weighted by Crippen LogP contribution is -2.31. The number of benzene rings is 1. The maximum atomic E-state index is 12.4. The lowest BCUT2D eigenvalue weighted by atomic mass is 10.0. The first kappa shape index (κ1) is 13.8. The third-order valence-corrected chi connectivity index (χ3v) is 4.67. The summed E-state index contributed by atoms with van der Waals surface area (Å²) in [6, 6.07) is 11.2. The lowest BCUT2D eigenvalue weighted by molar-refractivity contribution is -0.138. The Labute approximate surface area is 126 Å². The molecule has 1 atom stereocenters. The normalized spacial score (nSPS) is 16.8. The summed E-state index contributed by atoms with van der Waals surface area (Å²) in [6.07, 6.45) is 1.11. The highest BCUT2D eigenvalue weighted by atomic mass is 32.1. The number of anilines is 1. The topological polar surface area (TPSA) is 57.6 Å². The van der Waals surface area contributed by atoms with Gasteiger partial charge < -0.3 is 10.0 Å². The highest BCUT2D eigenvalue weighted by Crippen LogP contribution is 2.36. The van der Waals surface area contributed by atoms with Crippen LogP contribution in [0.4, 0.5) is 5.69 Å². The molecule has 3 rings (SSSR count). The van der Waals surface area contributed by atoms with Crippen molar-refractivity contribution in [2.24, 2.45) is 0 Å². The van der Waals surface area contributed by atoms with Crippen LogP contribution in [0.25, 0.3) is 0 Å². The van der Waals surface area contributed by atoms with E-state index >= 15 is 0 Å². The number of carbonyl (C=O) groups excluding carboxylic acids is 1. The Balaban J connectivity index is 1.76. The fraction of sp³-hybridized carbons (Fsp3) is 0.250. The zero-order valence-electron chi connectivity index (χ0n) is 11.4. The summed E-state index contributed by atoms with van der Waals surface area (Å²) in [5, 5.41) is 11.3. The number of carboxylic acid groups (broad SMARTS) is 1. The molecule has 0 radical (unpaired) electrons. The van der Waals surface area contributed by atoms with Crippen molar-refractivity contribution in [3.63, 3.8) is 0 Å². The number of carboxylic acids is 1. The van der Waals surface area contributed by atoms with Crippen LogP contribution >= 0.6 is 11.3 Å². The zero-order chi connectivity index (χ0) is 14.8. The molecule has 1 aliphatic rings. The number of nitrogens with zero attached hydrogens (tertiary/aromatic N) is 1. The van der Waals surface area contributed by atoms with Crippen LogP contribution in [-0.4, -0.2) is 23.5 Å². The van der Waals surface area contributed by atoms with Gasteiger partial charge >= 0.3 is 5.97 Å². The summed E-state index contributed by atoms with van der Waals surface area (Å²) in [4.78, 5) is 26.5. The monoisotopic (exact) mass is 301 g/mol. The highest BCUT2D eigenvalue weighted by molar-refractivity contribution is 7.09. The van der Waals surface area contributed by atoms with E-state index < -0.39 is 11.9 Å². The third-order valence-electron chi connectivity index (χ3n) is 3.73. The van der Waals surface area contributed by atoms with Crippen molar-refractivity contribution in [2.45, 2.75) is 18.8 Å². The number of carbonyl (C=O) groups is 2. The SMILES string of the molecule is O=C(O)[C@H]1CN(C(=O)CCc2cccs2)c2ccccc21. The molecule has 1 N–H and O–H groups in total. The Morgan fingerprint density at radius 2 is 2.05 bits per heavy atom. The van der Waals surface area contributed by atoms with Gasteiger partial charge in [-0.25, -0.2) is 0 Å². The van der Waals surface area contributed by atoms with Gasteiger partial charge in [-0.3, -0.25) is 9.59 Å². The molecule has 1 aliphatic heterocycles. The number of thiophene rings is 1. The fourth-order valence-electron chi connectivity index (χ4n) is 2.67. The quantitative estimate of drug-likeness (QED) is 0.944. The second-order valence-electron chi connectivity index (χ2n) is 5.03. The summed E-state index contributed by atoms with van der Waals surface area (Å²) >= 11 is 1.63. The zero-order valence-corrected chi connectivity index (χ0v) is 12.2. The van der Waals surface area contributed by atoms with Crippen molar-refractivity contribution < 1.29 is 14.7 Å². The number of rotatable bonds is 4. The largest absolute Gasteiger partial charge is 0.481 e. The number of aryl methyl sites for hydroxylation is 1. The molecule has 0 saturated carbocycles. The Bertz CT molecular complexity index is 666. The number of para-hydroxylation sites is 1. The molecule has 1 amide bonds. The minimum Gasteiger partial charge on any atom is -0.481 e. The molecule has 0 spiro atoms. The van der Waals surface area contributed by atoms with Crippen LogP contribution in [0, 0.1) is 0 Å². The third kappa shape index (κ3) is 2.69. The molecule has 1 aromatic heterocycles. The van der Waals surface area contributed by atoms with Crippen LogP contribution in [0.15, 0.2) is 41.8 Å². The molecule has 0 bridgehead atoms. The van der Waals surface area contributed by atoms with Gasteiger partial charge in [0, 0.05) is 23.5 Å². The van der Waals surface area contributed by atoms with Crippen LogP contribution in [0.1, 0.15) is 22.8 Å². The molecular formula is C16H15NO3S. The van der Waals surface area contributed by atoms with E-state index in [1.165, 1.54) is 4.88 Å². The molecular weight excluding hydrogens is 286 g/mol. The minimum absolute atomic E-state index is 0.0143. The molecule has 108 valence electrons. The average molecular weight is 301 g/mol. The van der Waals surface area contributed by atoms with E-state index in [0.717, 1.165) is 11.3 Å². The van der Waals surface area contributed by atoms with Crippen molar-refractivity contribution in [1.82, 2.24) is 0 Å². The van der Waals surface area contributed by atoms with Crippen LogP contribution < -0.4 is 4.90 Å². The van der Waals surface area contributed by atoms with Crippen molar-refractivity contribution in [3.05, 3.63) is 52.2 Å². The highest BCUT2D eigenvalue weighted by Gasteiger charge is 2.35. The van der Waals surface area contributed by atoms with E-state index in [-0.39, 0.29) is 12.5 Å². The van der Waals surface area contributed by atoms with Gasteiger partial charge in [-0.1, -0.05) is 24.3 Å². The summed E-state index contributed by atoms with van der Waals surface area (Å²) < 4.78 is 0. The van der Waals surface area contributed by atoms with Gasteiger partial charge in [0.1, 0.15) is 5.92 Å². The van der Waals surface area contributed by atoms with E-state index in [2.05, 4.69) is 0 Å². The number of fused-ring (bicyclic) bond motifs is 1. The molecule has 21 heavy (non-hydrogen) atoms. The summed E-state index contributed by atoms with van der Waals surface area (Å²) in [5.41, 5.74) is 1.47.